The van der Waals surface area contributed by atoms with Crippen molar-refractivity contribution in [2.45, 2.75) is 25.8 Å². The van der Waals surface area contributed by atoms with E-state index >= 15 is 0 Å². The number of benzene rings is 2. The third-order valence-electron chi connectivity index (χ3n) is 3.47. The van der Waals surface area contributed by atoms with Gasteiger partial charge in [0.1, 0.15) is 5.84 Å². The number of hydrogen-bond donors (Lipinski definition) is 3. The molecule has 0 spiro atoms. The lowest BCUT2D eigenvalue weighted by Gasteiger charge is -2.07. The number of nitrogens with two attached hydrogens (primary N) is 2. The zero-order valence-corrected chi connectivity index (χ0v) is 13.0. The summed E-state index contributed by atoms with van der Waals surface area (Å²) in [5.74, 6) is 0.114. The van der Waals surface area contributed by atoms with Crippen molar-refractivity contribution in [2.24, 2.45) is 11.5 Å². The number of halogens is 1. The van der Waals surface area contributed by atoms with Crippen LogP contribution in [0.15, 0.2) is 48.5 Å². The lowest BCUT2D eigenvalue weighted by atomic mass is 10.0. The number of nitrogens with one attached hydrogen (secondary N) is 1. The van der Waals surface area contributed by atoms with Crippen LogP contribution < -0.4 is 11.5 Å². The monoisotopic (exact) mass is 303 g/mol. The van der Waals surface area contributed by atoms with Crippen LogP contribution in [-0.4, -0.2) is 5.84 Å². The minimum absolute atomic E-state index is 0. The van der Waals surface area contributed by atoms with Gasteiger partial charge in [-0.15, -0.1) is 12.4 Å². The van der Waals surface area contributed by atoms with Crippen LogP contribution in [0, 0.1) is 5.41 Å². The molecular weight excluding hydrogens is 282 g/mol. The number of hydrogen-bond acceptors (Lipinski definition) is 2. The fourth-order valence-corrected chi connectivity index (χ4v) is 2.13. The highest BCUT2D eigenvalue weighted by Crippen LogP contribution is 2.13. The van der Waals surface area contributed by atoms with E-state index in [9.17, 15) is 0 Å². The Bertz CT molecular complexity index is 574. The Morgan fingerprint density at radius 2 is 1.38 bits per heavy atom. The Balaban J connectivity index is 0.00000220. The predicted molar refractivity (Wildman–Crippen MR) is 91.2 cm³/mol. The second-order valence-corrected chi connectivity index (χ2v) is 5.14. The van der Waals surface area contributed by atoms with Gasteiger partial charge >= 0.3 is 0 Å². The summed E-state index contributed by atoms with van der Waals surface area (Å²) in [5.41, 5.74) is 15.8. The molecule has 112 valence electrons. The molecule has 0 aliphatic rings. The molecule has 0 saturated carbocycles. The molecule has 5 N–H and O–H groups in total. The largest absolute Gasteiger partial charge is 0.384 e. The Hall–Kier alpha value is -1.84. The van der Waals surface area contributed by atoms with Gasteiger partial charge < -0.3 is 11.5 Å². The molecule has 3 nitrogen and oxygen atoms in total. The first kappa shape index (κ1) is 17.2. The van der Waals surface area contributed by atoms with Crippen molar-refractivity contribution in [3.8, 4) is 0 Å². The Morgan fingerprint density at radius 3 is 1.76 bits per heavy atom. The van der Waals surface area contributed by atoms with Crippen molar-refractivity contribution in [1.29, 1.82) is 5.41 Å². The van der Waals surface area contributed by atoms with Gasteiger partial charge in [0.15, 0.2) is 0 Å². The lowest BCUT2D eigenvalue weighted by Crippen LogP contribution is -2.10. The smallest absolute Gasteiger partial charge is 0.122 e. The van der Waals surface area contributed by atoms with E-state index < -0.39 is 0 Å². The van der Waals surface area contributed by atoms with Crippen LogP contribution in [0.25, 0.3) is 0 Å². The average Bonchev–Trinajstić information content (AvgIpc) is 2.46. The molecule has 0 aliphatic carbocycles. The maximum atomic E-state index is 7.36. The fourth-order valence-electron chi connectivity index (χ4n) is 2.13. The van der Waals surface area contributed by atoms with Gasteiger partial charge in [-0.1, -0.05) is 48.5 Å². The summed E-state index contributed by atoms with van der Waals surface area (Å²) < 4.78 is 0. The van der Waals surface area contributed by atoms with Gasteiger partial charge in [0.2, 0.25) is 0 Å². The molecule has 0 aliphatic heterocycles. The van der Waals surface area contributed by atoms with E-state index in [2.05, 4.69) is 24.3 Å². The van der Waals surface area contributed by atoms with Crippen molar-refractivity contribution in [2.75, 3.05) is 0 Å². The molecule has 2 aromatic carbocycles. The van der Waals surface area contributed by atoms with E-state index in [1.807, 2.05) is 31.2 Å². The molecule has 0 amide bonds. The molecule has 0 aromatic heterocycles. The maximum Gasteiger partial charge on any atom is 0.122 e. The minimum Gasteiger partial charge on any atom is -0.384 e. The molecular formula is C17H22ClN3. The Kier molecular flexibility index (Phi) is 6.40. The van der Waals surface area contributed by atoms with E-state index in [1.165, 1.54) is 16.7 Å². The molecule has 0 saturated heterocycles. The van der Waals surface area contributed by atoms with Crippen LogP contribution in [0.5, 0.6) is 0 Å². The van der Waals surface area contributed by atoms with Crippen LogP contribution in [0.1, 0.15) is 35.2 Å². The van der Waals surface area contributed by atoms with Crippen LogP contribution in [-0.2, 0) is 12.8 Å². The summed E-state index contributed by atoms with van der Waals surface area (Å²) in [7, 11) is 0. The van der Waals surface area contributed by atoms with E-state index in [0.717, 1.165) is 18.4 Å². The third kappa shape index (κ3) is 4.88. The number of aryl methyl sites for hydroxylation is 2. The quantitative estimate of drug-likeness (QED) is 0.586. The van der Waals surface area contributed by atoms with E-state index in [-0.39, 0.29) is 24.3 Å². The van der Waals surface area contributed by atoms with Crippen LogP contribution >= 0.6 is 12.4 Å². The van der Waals surface area contributed by atoms with Gasteiger partial charge in [0, 0.05) is 11.6 Å². The van der Waals surface area contributed by atoms with Crippen LogP contribution in [0.2, 0.25) is 0 Å². The molecule has 21 heavy (non-hydrogen) atoms. The molecule has 0 bridgehead atoms. The second kappa shape index (κ2) is 7.81. The summed E-state index contributed by atoms with van der Waals surface area (Å²) in [6.07, 6.45) is 1.98. The molecule has 0 fully saturated rings. The zero-order chi connectivity index (χ0) is 14.5. The summed E-state index contributed by atoms with van der Waals surface area (Å²) in [5, 5.41) is 7.36. The standard InChI is InChI=1S/C17H21N3.ClH/c1-12(18)15-8-4-13(5-9-15)2-3-14-6-10-16(11-7-14)17(19)20;/h4-12H,2-3,18H2,1H3,(H3,19,20);1H. The highest BCUT2D eigenvalue weighted by molar-refractivity contribution is 5.94. The summed E-state index contributed by atoms with van der Waals surface area (Å²) in [6.45, 7) is 1.99. The molecule has 1 atom stereocenters. The topological polar surface area (TPSA) is 75.9 Å². The Labute approximate surface area is 132 Å². The first-order valence-corrected chi connectivity index (χ1v) is 6.84. The van der Waals surface area contributed by atoms with Crippen LogP contribution in [0.3, 0.4) is 0 Å². The molecule has 2 rings (SSSR count). The highest BCUT2D eigenvalue weighted by atomic mass is 35.5. The van der Waals surface area contributed by atoms with Crippen molar-refractivity contribution in [1.82, 2.24) is 0 Å². The number of nitrogen functional groups attached to an aromatic ring is 1. The zero-order valence-electron chi connectivity index (χ0n) is 12.2. The van der Waals surface area contributed by atoms with Crippen molar-refractivity contribution in [3.05, 3.63) is 70.8 Å². The van der Waals surface area contributed by atoms with E-state index in [4.69, 9.17) is 16.9 Å². The lowest BCUT2D eigenvalue weighted by molar-refractivity contribution is 0.816. The van der Waals surface area contributed by atoms with Gasteiger partial charge in [-0.3, -0.25) is 5.41 Å². The van der Waals surface area contributed by atoms with Gasteiger partial charge in [-0.2, -0.15) is 0 Å². The minimum atomic E-state index is 0. The molecule has 4 heteroatoms. The van der Waals surface area contributed by atoms with Crippen molar-refractivity contribution >= 4 is 18.2 Å². The van der Waals surface area contributed by atoms with Gasteiger partial charge in [0.05, 0.1) is 0 Å². The fraction of sp³-hybridized carbons (Fsp3) is 0.235. The first-order chi connectivity index (χ1) is 9.56. The number of rotatable bonds is 5. The second-order valence-electron chi connectivity index (χ2n) is 5.14. The summed E-state index contributed by atoms with van der Waals surface area (Å²) >= 11 is 0. The van der Waals surface area contributed by atoms with Crippen molar-refractivity contribution in [3.63, 3.8) is 0 Å². The average molecular weight is 304 g/mol. The maximum absolute atomic E-state index is 7.36. The number of amidine groups is 1. The van der Waals surface area contributed by atoms with Crippen LogP contribution in [0.4, 0.5) is 0 Å². The van der Waals surface area contributed by atoms with E-state index in [0.29, 0.717) is 0 Å². The normalized spacial score (nSPS) is 11.5. The van der Waals surface area contributed by atoms with Gasteiger partial charge in [-0.05, 0) is 36.5 Å². The van der Waals surface area contributed by atoms with Gasteiger partial charge in [0.25, 0.3) is 0 Å². The highest BCUT2D eigenvalue weighted by Gasteiger charge is 2.01. The molecule has 0 radical (unpaired) electrons. The molecule has 1 unspecified atom stereocenters. The SMILES string of the molecule is CC(N)c1ccc(CCc2ccc(C(=N)N)cc2)cc1.Cl. The van der Waals surface area contributed by atoms with E-state index in [1.54, 1.807) is 0 Å². The summed E-state index contributed by atoms with van der Waals surface area (Å²) in [4.78, 5) is 0. The van der Waals surface area contributed by atoms with Gasteiger partial charge in [-0.25, -0.2) is 0 Å². The predicted octanol–water partition coefficient (Wildman–Crippen LogP) is 3.20. The first-order valence-electron chi connectivity index (χ1n) is 6.84. The third-order valence-corrected chi connectivity index (χ3v) is 3.47. The summed E-state index contributed by atoms with van der Waals surface area (Å²) in [6, 6.07) is 16.4. The molecule has 0 heterocycles. The molecule has 2 aromatic rings. The van der Waals surface area contributed by atoms with Crippen molar-refractivity contribution < 1.29 is 0 Å². The Morgan fingerprint density at radius 1 is 0.952 bits per heavy atom.